The summed E-state index contributed by atoms with van der Waals surface area (Å²) >= 11 is 0. The average Bonchev–Trinajstić information content (AvgIpc) is 3.25. The van der Waals surface area contributed by atoms with Crippen LogP contribution in [0.2, 0.25) is 0 Å². The predicted octanol–water partition coefficient (Wildman–Crippen LogP) is -1.32. The summed E-state index contributed by atoms with van der Waals surface area (Å²) in [5.74, 6) is -3.88. The number of aliphatic hydroxyl groups excluding tert-OH is 12. The Morgan fingerprint density at radius 2 is 1.24 bits per heavy atom. The Morgan fingerprint density at radius 1 is 0.658 bits per heavy atom. The molecule has 0 amide bonds. The molecule has 79 heavy (non-hydrogen) atoms. The fourth-order valence-electron chi connectivity index (χ4n) is 16.2. The van der Waals surface area contributed by atoms with Crippen molar-refractivity contribution in [3.63, 3.8) is 0 Å². The first-order chi connectivity index (χ1) is 36.9. The molecule has 8 aliphatic rings. The number of carboxylic acids is 1. The molecule has 3 unspecified atom stereocenters. The van der Waals surface area contributed by atoms with Gasteiger partial charge in [0.2, 0.25) is 0 Å². The number of aliphatic carboxylic acids is 1. The number of allylic oxidation sites excluding steroid dienone is 3. The molecule has 450 valence electrons. The molecule has 13 N–H and O–H groups in total. The van der Waals surface area contributed by atoms with E-state index in [9.17, 15) is 80.8 Å². The lowest BCUT2D eigenvalue weighted by molar-refractivity contribution is -0.392. The lowest BCUT2D eigenvalue weighted by Gasteiger charge is -2.72. The van der Waals surface area contributed by atoms with Gasteiger partial charge in [-0.3, -0.25) is 4.79 Å². The van der Waals surface area contributed by atoms with Gasteiger partial charge in [0.05, 0.1) is 44.1 Å². The van der Waals surface area contributed by atoms with Gasteiger partial charge >= 0.3 is 17.9 Å². The largest absolute Gasteiger partial charge is 0.479 e. The Labute approximate surface area is 459 Å². The molecule has 3 heterocycles. The summed E-state index contributed by atoms with van der Waals surface area (Å²) in [4.78, 5) is 39.5. The Kier molecular flexibility index (Phi) is 17.8. The maximum atomic E-state index is 13.4. The van der Waals surface area contributed by atoms with Crippen molar-refractivity contribution < 1.29 is 119 Å². The molecule has 0 spiro atoms. The van der Waals surface area contributed by atoms with Gasteiger partial charge in [0, 0.05) is 23.3 Å². The molecule has 27 atom stereocenters. The number of hydrogen-bond acceptors (Lipinski definition) is 23. The van der Waals surface area contributed by atoms with Gasteiger partial charge in [-0.15, -0.1) is 0 Å². The zero-order valence-corrected chi connectivity index (χ0v) is 46.4. The molecule has 0 aromatic carbocycles. The molecular formula is C55H86O24. The number of hydrogen-bond donors (Lipinski definition) is 13. The van der Waals surface area contributed by atoms with Crippen molar-refractivity contribution in [1.29, 1.82) is 0 Å². The first kappa shape index (κ1) is 62.2. The van der Waals surface area contributed by atoms with Crippen LogP contribution in [-0.4, -0.2) is 227 Å². The average molecular weight is 1130 g/mol. The Morgan fingerprint density at radius 3 is 1.76 bits per heavy atom. The van der Waals surface area contributed by atoms with E-state index in [0.29, 0.717) is 37.7 Å². The van der Waals surface area contributed by atoms with Gasteiger partial charge in [-0.05, 0) is 92.8 Å². The summed E-state index contributed by atoms with van der Waals surface area (Å²) in [5.41, 5.74) is -3.78. The van der Waals surface area contributed by atoms with Crippen LogP contribution < -0.4 is 0 Å². The summed E-state index contributed by atoms with van der Waals surface area (Å²) in [5, 5.41) is 143. The number of carbonyl (C=O) groups is 3. The lowest BCUT2D eigenvalue weighted by atomic mass is 9.33. The number of aliphatic hydroxyl groups is 12. The first-order valence-corrected chi connectivity index (χ1v) is 27.7. The van der Waals surface area contributed by atoms with Crippen molar-refractivity contribution in [3.05, 3.63) is 23.3 Å². The molecule has 0 bridgehead atoms. The van der Waals surface area contributed by atoms with Crippen LogP contribution in [0.1, 0.15) is 107 Å². The molecule has 0 aromatic rings. The van der Waals surface area contributed by atoms with Gasteiger partial charge in [-0.2, -0.15) is 0 Å². The van der Waals surface area contributed by atoms with E-state index in [0.717, 1.165) is 5.57 Å². The van der Waals surface area contributed by atoms with Crippen molar-refractivity contribution in [2.75, 3.05) is 26.4 Å². The molecule has 24 heteroatoms. The molecule has 0 aromatic heterocycles. The number of fused-ring (bicyclic) bond motifs is 7. The highest BCUT2D eigenvalue weighted by atomic mass is 16.8. The van der Waals surface area contributed by atoms with Gasteiger partial charge in [0.15, 0.2) is 25.0 Å². The van der Waals surface area contributed by atoms with Crippen LogP contribution in [0.4, 0.5) is 0 Å². The lowest BCUT2D eigenvalue weighted by Crippen LogP contribution is -2.72. The minimum absolute atomic E-state index is 0.0849. The van der Waals surface area contributed by atoms with Crippen molar-refractivity contribution in [3.8, 4) is 0 Å². The van der Waals surface area contributed by atoms with Crippen LogP contribution in [0.25, 0.3) is 0 Å². The molecule has 24 nitrogen and oxygen atoms in total. The Balaban J connectivity index is 1.12. The number of carbonyl (C=O) groups excluding carboxylic acids is 2. The number of rotatable bonds is 14. The summed E-state index contributed by atoms with van der Waals surface area (Å²) in [6.45, 7) is 14.1. The third-order valence-electron chi connectivity index (χ3n) is 21.1. The van der Waals surface area contributed by atoms with E-state index in [1.807, 2.05) is 20.8 Å². The van der Waals surface area contributed by atoms with Crippen LogP contribution >= 0.6 is 0 Å². The summed E-state index contributed by atoms with van der Waals surface area (Å²) < 4.78 is 48.2. The van der Waals surface area contributed by atoms with Crippen LogP contribution in [0.3, 0.4) is 0 Å². The molecule has 4 saturated carbocycles. The Bertz CT molecular complexity index is 2290. The van der Waals surface area contributed by atoms with Gasteiger partial charge < -0.3 is 104 Å². The zero-order valence-electron chi connectivity index (χ0n) is 46.4. The highest BCUT2D eigenvalue weighted by molar-refractivity contribution is 5.87. The van der Waals surface area contributed by atoms with Gasteiger partial charge in [0.1, 0.15) is 79.4 Å². The standard InChI is InChI=1S/C55H86O24/c1-10-23(2)46(71)79-43-44(72-24(3)60)55(22-59)26(17-50(43,4)5)25-11-12-30-51(6)15-14-32(52(7,21-58)29(51)13-16-53(30,8)54(25,9)18-31(55)61)75-49-41(77-48-38(67)36(65)34(63)28(20-57)74-48)39(68)40(42(78-49)45(69)70)76-47-37(66)35(64)33(62)27(19-56)73-47/h10-11,26-44,47-49,56-59,61-68H,12-22H2,1-9H3,(H,69,70)/b23-10+/t26?,27-,28-,29?,30?,31-,32+,33-,34-,35+,36+,37-,38-,39+,40+,41-,42+,43+,44+,47+,48+,49-,51+,52-,53-,54-,55+/m1/s1. The summed E-state index contributed by atoms with van der Waals surface area (Å²) in [6, 6.07) is 0. The van der Waals surface area contributed by atoms with E-state index < -0.39 is 199 Å². The molecule has 5 aliphatic carbocycles. The molecule has 7 fully saturated rings. The second-order valence-electron chi connectivity index (χ2n) is 25.5. The highest BCUT2D eigenvalue weighted by Gasteiger charge is 2.74. The molecule has 3 aliphatic heterocycles. The number of carboxylic acid groups (broad SMARTS) is 1. The minimum Gasteiger partial charge on any atom is -0.479 e. The molecular weight excluding hydrogens is 1040 g/mol. The predicted molar refractivity (Wildman–Crippen MR) is 269 cm³/mol. The third kappa shape index (κ3) is 9.94. The number of esters is 2. The second-order valence-corrected chi connectivity index (χ2v) is 25.5. The molecule has 3 saturated heterocycles. The van der Waals surface area contributed by atoms with Crippen LogP contribution in [0.15, 0.2) is 23.3 Å². The van der Waals surface area contributed by atoms with Crippen molar-refractivity contribution in [1.82, 2.24) is 0 Å². The van der Waals surface area contributed by atoms with E-state index in [1.54, 1.807) is 19.9 Å². The smallest absolute Gasteiger partial charge is 0.335 e. The van der Waals surface area contributed by atoms with E-state index in [4.69, 9.17) is 37.9 Å². The fraction of sp³-hybridized carbons (Fsp3) is 0.873. The fourth-order valence-corrected chi connectivity index (χ4v) is 16.2. The summed E-state index contributed by atoms with van der Waals surface area (Å²) in [7, 11) is 0. The van der Waals surface area contributed by atoms with E-state index in [-0.39, 0.29) is 24.7 Å². The van der Waals surface area contributed by atoms with Crippen molar-refractivity contribution >= 4 is 17.9 Å². The normalized spacial score (nSPS) is 50.6. The topological polar surface area (TPSA) is 388 Å². The van der Waals surface area contributed by atoms with Crippen LogP contribution in [-0.2, 0) is 52.3 Å². The van der Waals surface area contributed by atoms with E-state index in [2.05, 4.69) is 26.8 Å². The molecule has 8 rings (SSSR count). The first-order valence-electron chi connectivity index (χ1n) is 27.7. The monoisotopic (exact) mass is 1130 g/mol. The van der Waals surface area contributed by atoms with Crippen molar-refractivity contribution in [2.24, 2.45) is 50.2 Å². The third-order valence-corrected chi connectivity index (χ3v) is 21.1. The number of ether oxygens (including phenoxy) is 8. The minimum atomic E-state index is -2.18. The van der Waals surface area contributed by atoms with Crippen LogP contribution in [0, 0.1) is 50.2 Å². The van der Waals surface area contributed by atoms with E-state index >= 15 is 0 Å². The maximum absolute atomic E-state index is 13.4. The maximum Gasteiger partial charge on any atom is 0.335 e. The molecule has 0 radical (unpaired) electrons. The summed E-state index contributed by atoms with van der Waals surface area (Å²) in [6.07, 6.45) is -26.5. The highest BCUT2D eigenvalue weighted by Crippen LogP contribution is 2.76. The van der Waals surface area contributed by atoms with Gasteiger partial charge in [-0.25, -0.2) is 9.59 Å². The van der Waals surface area contributed by atoms with Crippen LogP contribution in [0.5, 0.6) is 0 Å². The SMILES string of the molecule is C/C=C(\C)C(=O)O[C@H]1[C@H](OC(C)=O)[C@@]2(CO)C(CC1(C)C)C1=CCC3[C@@]4(C)CC[C@H](O[C@@H]5O[C@H](C(=O)O)[C@@H](O[C@@H]6O[C@H](CO)[C@@H](O)[C@H](O)[C@H]6O)[C@H](O)[C@H]5O[C@@H]5O[C@H](CO)[C@@H](O)[C@H](O)[C@H]5O)[C@](C)(CO)C4CC[C@@]3(C)[C@]1(C)C[C@H]2O. The van der Waals surface area contributed by atoms with Gasteiger partial charge in [-0.1, -0.05) is 59.3 Å². The van der Waals surface area contributed by atoms with E-state index in [1.165, 1.54) is 6.92 Å². The Hall–Kier alpha value is -2.83. The quantitative estimate of drug-likeness (QED) is 0.0415. The van der Waals surface area contributed by atoms with Gasteiger partial charge in [0.25, 0.3) is 0 Å². The second kappa shape index (κ2) is 22.6. The van der Waals surface area contributed by atoms with Crippen molar-refractivity contribution in [2.45, 2.75) is 224 Å². The zero-order chi connectivity index (χ0) is 58.4.